The standard InChI is InChI=1S/C28H36O2.C24H32O2.C20H24O3.C19H22O3.C19H24O2/c1-15(2)28(30-26-14-18-13-24(26)22-9-6-8-21(18)22)29-25-12-11-20-17(4)16(3)19-7-5-10-23(25)27(19)20;1-16-17(2)21-12-13-23(22-11-7-10-20(16)24(21)22)26-18(3)25-15-14-19-8-5-4-6-9-19;1-12-13(2)15-9-10-17(16-8-6-7-14(12)19(15)16)22-11-18(21)23-20(3,4)5;1-11-12(2)14-9-10-16(21-18(20)22-19(3,4)5)15-8-6-7-13(11)17(14)15;1-11(2)19(20-5)21-17-10-9-15-13(4)12(3)14-7-6-8-16(17)18(14)15/h5,7,10-12,15-18,21-22,24,26,28H,6,8-9,13-14H2,1-4H3;7,10-13,16-19H,4-6,8-9,14-15H2,1-3H3;6-10,12-13H,11H2,1-5H3;6-12H,1-5H3;6-13,19H,1-5H3. The van der Waals surface area contributed by atoms with Gasteiger partial charge in [-0.2, -0.15) is 0 Å². The Morgan fingerprint density at radius 1 is 0.377 bits per heavy atom. The summed E-state index contributed by atoms with van der Waals surface area (Å²) in [5, 5.41) is 12.5. The van der Waals surface area contributed by atoms with Crippen LogP contribution in [0.3, 0.4) is 0 Å². The zero-order valence-electron chi connectivity index (χ0n) is 77.1. The summed E-state index contributed by atoms with van der Waals surface area (Å²) in [6.07, 6.45) is 14.3. The first-order valence-electron chi connectivity index (χ1n) is 46.6. The third kappa shape index (κ3) is 17.9. The normalized spacial score (nSPS) is 25.5. The van der Waals surface area contributed by atoms with Crippen LogP contribution in [0, 0.1) is 41.4 Å². The van der Waals surface area contributed by atoms with Crippen LogP contribution in [0.5, 0.6) is 28.7 Å². The molecule has 0 radical (unpaired) electrons. The summed E-state index contributed by atoms with van der Waals surface area (Å²) in [6.45, 7) is 45.5. The van der Waals surface area contributed by atoms with E-state index in [-0.39, 0.29) is 31.4 Å². The van der Waals surface area contributed by atoms with Gasteiger partial charge in [0.15, 0.2) is 12.9 Å². The van der Waals surface area contributed by atoms with E-state index in [1.165, 1.54) is 169 Å². The van der Waals surface area contributed by atoms with Gasteiger partial charge in [-0.3, -0.25) is 0 Å². The first-order chi connectivity index (χ1) is 58.3. The van der Waals surface area contributed by atoms with Gasteiger partial charge in [0.05, 0.1) is 12.7 Å². The maximum atomic E-state index is 11.9. The number of hydrogen-bond donors (Lipinski definition) is 0. The highest BCUT2D eigenvalue weighted by Crippen LogP contribution is 2.61. The molecule has 4 saturated carbocycles. The average molecular weight is 1650 g/mol. The lowest BCUT2D eigenvalue weighted by molar-refractivity contribution is -0.162. The number of ether oxygens (including phenoxy) is 10. The fraction of sp³-hybridized carbons (Fsp3) is 0.527. The summed E-state index contributed by atoms with van der Waals surface area (Å²) < 4.78 is 59.0. The van der Waals surface area contributed by atoms with Crippen LogP contribution in [0.15, 0.2) is 152 Å². The molecule has 10 aromatic carbocycles. The van der Waals surface area contributed by atoms with Gasteiger partial charge in [-0.25, -0.2) is 9.59 Å². The molecule has 2 bridgehead atoms. The van der Waals surface area contributed by atoms with E-state index in [1.54, 1.807) is 7.11 Å². The van der Waals surface area contributed by atoms with Crippen molar-refractivity contribution in [3.8, 4) is 28.7 Å². The molecule has 0 aliphatic heterocycles. The highest BCUT2D eigenvalue weighted by atomic mass is 16.7. The second kappa shape index (κ2) is 36.5. The molecule has 0 heterocycles. The highest BCUT2D eigenvalue weighted by molar-refractivity contribution is 6.01. The van der Waals surface area contributed by atoms with Crippen LogP contribution in [-0.2, 0) is 28.5 Å². The second-order valence-corrected chi connectivity index (χ2v) is 40.3. The third-order valence-corrected chi connectivity index (χ3v) is 29.7. The monoisotopic (exact) mass is 1650 g/mol. The Hall–Kier alpha value is -8.68. The molecule has 10 aromatic rings. The Labute approximate surface area is 727 Å². The molecule has 0 N–H and O–H groups in total. The smallest absolute Gasteiger partial charge is 0.481 e. The van der Waals surface area contributed by atoms with E-state index in [0.29, 0.717) is 82.9 Å². The number of rotatable bonds is 19. The fourth-order valence-corrected chi connectivity index (χ4v) is 22.5. The summed E-state index contributed by atoms with van der Waals surface area (Å²) >= 11 is 0. The molecule has 4 fully saturated rings. The van der Waals surface area contributed by atoms with E-state index >= 15 is 0 Å². The van der Waals surface area contributed by atoms with Crippen molar-refractivity contribution >= 4 is 66.0 Å². The van der Waals surface area contributed by atoms with Gasteiger partial charge in [-0.15, -0.1) is 0 Å². The number of fused-ring (bicyclic) bond motifs is 5. The lowest BCUT2D eigenvalue weighted by Crippen LogP contribution is -2.37. The van der Waals surface area contributed by atoms with Crippen LogP contribution in [0.2, 0.25) is 0 Å². The van der Waals surface area contributed by atoms with Gasteiger partial charge < -0.3 is 47.4 Å². The van der Waals surface area contributed by atoms with E-state index in [2.05, 4.69) is 224 Å². The van der Waals surface area contributed by atoms with Crippen LogP contribution >= 0.6 is 0 Å². The van der Waals surface area contributed by atoms with E-state index in [4.69, 9.17) is 47.4 Å². The number of hydrogen-bond acceptors (Lipinski definition) is 12. The second-order valence-electron chi connectivity index (χ2n) is 40.3. The van der Waals surface area contributed by atoms with Crippen LogP contribution in [0.1, 0.15) is 331 Å². The molecule has 122 heavy (non-hydrogen) atoms. The summed E-state index contributed by atoms with van der Waals surface area (Å²) in [4.78, 5) is 23.8. The Morgan fingerprint density at radius 2 is 0.738 bits per heavy atom. The lowest BCUT2D eigenvalue weighted by atomic mass is 9.80. The molecule has 9 aliphatic rings. The maximum absolute atomic E-state index is 11.9. The van der Waals surface area contributed by atoms with E-state index in [9.17, 15) is 9.59 Å². The zero-order valence-corrected chi connectivity index (χ0v) is 77.1. The predicted octanol–water partition coefficient (Wildman–Crippen LogP) is 29.3. The van der Waals surface area contributed by atoms with Crippen LogP contribution in [-0.4, -0.2) is 68.6 Å². The number of esters is 1. The minimum absolute atomic E-state index is 0.0684. The molecule has 9 aliphatic carbocycles. The molecule has 19 rings (SSSR count). The Bertz CT molecular complexity index is 5350. The van der Waals surface area contributed by atoms with Gasteiger partial charge in [0, 0.05) is 45.9 Å². The Kier molecular flexibility index (Phi) is 26.4. The van der Waals surface area contributed by atoms with E-state index in [0.717, 1.165) is 70.0 Å². The lowest BCUT2D eigenvalue weighted by Gasteiger charge is -2.35. The number of methoxy groups -OCH3 is 1. The van der Waals surface area contributed by atoms with Gasteiger partial charge in [0.25, 0.3) is 0 Å². The highest BCUT2D eigenvalue weighted by Gasteiger charge is 2.55. The van der Waals surface area contributed by atoms with Crippen molar-refractivity contribution in [2.24, 2.45) is 41.4 Å². The van der Waals surface area contributed by atoms with Gasteiger partial charge >= 0.3 is 12.1 Å². The third-order valence-electron chi connectivity index (χ3n) is 29.7. The minimum Gasteiger partial charge on any atom is -0.481 e. The number of carbonyl (C=O) groups is 2. The number of carbonyl (C=O) groups excluding carboxylic acids is 2. The first-order valence-corrected chi connectivity index (χ1v) is 46.6. The van der Waals surface area contributed by atoms with Gasteiger partial charge in [-0.1, -0.05) is 257 Å². The van der Waals surface area contributed by atoms with E-state index in [1.807, 2.05) is 72.7 Å². The molecule has 12 heteroatoms. The SMILES string of the molecule is CC(C)C(Oc1ccc2c3c(cccc13)C(C)C2C)OC1CC2CC1C1CCCC21.CC(OCCC1CCCCC1)Oc1ccc2c3c(cccc13)C(C)C2C.CC1c2cccc3c(OC(=O)OC(C)(C)C)ccc(c23)C1C.CC1c2cccc3c(OCC(=O)OC(C)(C)C)ccc(c23)C1C.COC(Oc1ccc2c3c(cccc13)C(C)C2C)C(C)C. The molecule has 18 atom stereocenters. The van der Waals surface area contributed by atoms with Gasteiger partial charge in [0.2, 0.25) is 12.6 Å². The maximum Gasteiger partial charge on any atom is 0.514 e. The molecular formula is C110H138O12. The van der Waals surface area contributed by atoms with Gasteiger partial charge in [0.1, 0.15) is 39.9 Å². The molecular weight excluding hydrogens is 1510 g/mol. The Morgan fingerprint density at radius 3 is 1.14 bits per heavy atom. The number of benzene rings is 10. The Balaban J connectivity index is 0.000000119. The van der Waals surface area contributed by atoms with Crippen molar-refractivity contribution in [3.63, 3.8) is 0 Å². The van der Waals surface area contributed by atoms with E-state index < -0.39 is 17.4 Å². The average Bonchev–Trinajstić information content (AvgIpc) is 1.19. The van der Waals surface area contributed by atoms with Crippen molar-refractivity contribution in [3.05, 3.63) is 207 Å². The largest absolute Gasteiger partial charge is 0.514 e. The molecule has 18 unspecified atom stereocenters. The summed E-state index contributed by atoms with van der Waals surface area (Å²) in [7, 11) is 1.70. The predicted molar refractivity (Wildman–Crippen MR) is 497 cm³/mol. The zero-order chi connectivity index (χ0) is 86.7. The molecule has 12 nitrogen and oxygen atoms in total. The molecule has 650 valence electrons. The van der Waals surface area contributed by atoms with Crippen molar-refractivity contribution in [2.45, 2.75) is 311 Å². The van der Waals surface area contributed by atoms with Crippen molar-refractivity contribution in [2.75, 3.05) is 20.3 Å². The van der Waals surface area contributed by atoms with Crippen LogP contribution in [0.25, 0.3) is 53.9 Å². The van der Waals surface area contributed by atoms with Crippen molar-refractivity contribution in [1.82, 2.24) is 0 Å². The fourth-order valence-electron chi connectivity index (χ4n) is 22.5. The first kappa shape index (κ1) is 88.2. The van der Waals surface area contributed by atoms with Gasteiger partial charge in [-0.05, 0) is 282 Å². The summed E-state index contributed by atoms with van der Waals surface area (Å²) in [5.74, 6) is 14.4. The molecule has 0 spiro atoms. The van der Waals surface area contributed by atoms with Crippen LogP contribution in [0.4, 0.5) is 4.79 Å². The molecule has 0 amide bonds. The molecule has 0 aromatic heterocycles. The van der Waals surface area contributed by atoms with Crippen molar-refractivity contribution < 1.29 is 57.0 Å². The topological polar surface area (TPSA) is 126 Å². The quantitative estimate of drug-likeness (QED) is 0.0434. The summed E-state index contributed by atoms with van der Waals surface area (Å²) in [6, 6.07) is 53.7. The minimum atomic E-state index is -0.660. The van der Waals surface area contributed by atoms with Crippen molar-refractivity contribution in [1.29, 1.82) is 0 Å². The van der Waals surface area contributed by atoms with Crippen LogP contribution < -0.4 is 23.7 Å². The molecule has 0 saturated heterocycles. The summed E-state index contributed by atoms with van der Waals surface area (Å²) in [5.41, 5.74) is 13.1.